The molecule has 0 bridgehead atoms. The Labute approximate surface area is 169 Å². The van der Waals surface area contributed by atoms with E-state index in [-0.39, 0.29) is 29.6 Å². The molecule has 29 heavy (non-hydrogen) atoms. The highest BCUT2D eigenvalue weighted by molar-refractivity contribution is 6.00. The average Bonchev–Trinajstić information content (AvgIpc) is 3.38. The van der Waals surface area contributed by atoms with Crippen LogP contribution in [0.4, 0.5) is 4.79 Å². The summed E-state index contributed by atoms with van der Waals surface area (Å²) < 4.78 is 11.4. The van der Waals surface area contributed by atoms with Gasteiger partial charge in [-0.2, -0.15) is 0 Å². The van der Waals surface area contributed by atoms with Crippen molar-refractivity contribution >= 4 is 17.8 Å². The van der Waals surface area contributed by atoms with Gasteiger partial charge < -0.3 is 19.3 Å². The largest absolute Gasteiger partial charge is 0.486 e. The van der Waals surface area contributed by atoms with Crippen molar-refractivity contribution in [3.8, 4) is 5.75 Å². The van der Waals surface area contributed by atoms with Crippen LogP contribution in [0.15, 0.2) is 24.3 Å². The topological polar surface area (TPSA) is 76.2 Å². The van der Waals surface area contributed by atoms with Crippen LogP contribution in [-0.4, -0.2) is 66.0 Å². The molecule has 154 valence electrons. The summed E-state index contributed by atoms with van der Waals surface area (Å²) in [4.78, 5) is 41.3. The Morgan fingerprint density at radius 2 is 1.90 bits per heavy atom. The lowest BCUT2D eigenvalue weighted by atomic mass is 9.84. The number of para-hydroxylation sites is 1. The second-order valence-corrected chi connectivity index (χ2v) is 8.53. The van der Waals surface area contributed by atoms with Crippen LogP contribution >= 0.6 is 0 Å². The first-order valence-electron chi connectivity index (χ1n) is 10.6. The zero-order valence-electron chi connectivity index (χ0n) is 16.6. The number of fused-ring (bicyclic) bond motifs is 3. The quantitative estimate of drug-likeness (QED) is 0.764. The van der Waals surface area contributed by atoms with Crippen molar-refractivity contribution in [3.63, 3.8) is 0 Å². The molecule has 2 amide bonds. The predicted octanol–water partition coefficient (Wildman–Crippen LogP) is 2.35. The molecule has 4 atom stereocenters. The number of amides is 2. The number of benzene rings is 1. The van der Waals surface area contributed by atoms with E-state index in [0.717, 1.165) is 12.8 Å². The minimum Gasteiger partial charge on any atom is -0.486 e. The van der Waals surface area contributed by atoms with Crippen LogP contribution in [0.5, 0.6) is 5.75 Å². The van der Waals surface area contributed by atoms with E-state index in [2.05, 4.69) is 0 Å². The van der Waals surface area contributed by atoms with Crippen molar-refractivity contribution in [2.75, 3.05) is 32.8 Å². The number of ketones is 1. The van der Waals surface area contributed by atoms with Gasteiger partial charge in [0.25, 0.3) is 0 Å². The minimum atomic E-state index is -0.525. The summed E-state index contributed by atoms with van der Waals surface area (Å²) in [6, 6.07) is 7.41. The average molecular weight is 398 g/mol. The summed E-state index contributed by atoms with van der Waals surface area (Å²) in [6.45, 7) is 4.20. The lowest BCUT2D eigenvalue weighted by Gasteiger charge is -2.38. The monoisotopic (exact) mass is 398 g/mol. The van der Waals surface area contributed by atoms with Gasteiger partial charge in [0.2, 0.25) is 5.91 Å². The number of hydrogen-bond acceptors (Lipinski definition) is 5. The molecule has 3 fully saturated rings. The zero-order valence-corrected chi connectivity index (χ0v) is 16.6. The van der Waals surface area contributed by atoms with Crippen molar-refractivity contribution in [1.29, 1.82) is 0 Å². The molecule has 7 heteroatoms. The summed E-state index contributed by atoms with van der Waals surface area (Å²) in [5.41, 5.74) is 0.128. The van der Waals surface area contributed by atoms with Gasteiger partial charge in [0.1, 0.15) is 11.4 Å². The zero-order chi connectivity index (χ0) is 20.2. The summed E-state index contributed by atoms with van der Waals surface area (Å²) in [5, 5.41) is 0. The molecule has 2 aliphatic carbocycles. The number of Topliss-reactive ketones (excluding diaryl/α,β-unsaturated/α-hetero) is 1. The van der Waals surface area contributed by atoms with E-state index in [0.29, 0.717) is 56.4 Å². The smallest absolute Gasteiger partial charge is 0.409 e. The second-order valence-electron chi connectivity index (χ2n) is 8.53. The molecule has 2 saturated carbocycles. The van der Waals surface area contributed by atoms with Gasteiger partial charge in [-0.3, -0.25) is 9.59 Å². The molecule has 2 aliphatic heterocycles. The maximum absolute atomic E-state index is 13.2. The fourth-order valence-corrected chi connectivity index (χ4v) is 5.63. The van der Waals surface area contributed by atoms with Crippen molar-refractivity contribution in [3.05, 3.63) is 29.8 Å². The SMILES string of the molecule is CCOC(=O)N1CCN(C(=O)[C@H]2[C@@H]3CC[C@@]4(CC(=O)c5ccccc5O4)[C@@H]32)CC1. The van der Waals surface area contributed by atoms with Crippen LogP contribution in [0.1, 0.15) is 36.5 Å². The summed E-state index contributed by atoms with van der Waals surface area (Å²) in [5.74, 6) is 1.30. The summed E-state index contributed by atoms with van der Waals surface area (Å²) in [7, 11) is 0. The Morgan fingerprint density at radius 3 is 2.66 bits per heavy atom. The lowest BCUT2D eigenvalue weighted by Crippen LogP contribution is -2.52. The Kier molecular flexibility index (Phi) is 4.29. The fraction of sp³-hybridized carbons (Fsp3) is 0.591. The number of carbonyl (C=O) groups excluding carboxylic acids is 3. The third-order valence-electron chi connectivity index (χ3n) is 7.04. The second kappa shape index (κ2) is 6.75. The van der Waals surface area contributed by atoms with E-state index >= 15 is 0 Å². The van der Waals surface area contributed by atoms with Gasteiger partial charge in [-0.15, -0.1) is 0 Å². The van der Waals surface area contributed by atoms with E-state index in [1.807, 2.05) is 29.2 Å². The van der Waals surface area contributed by atoms with Crippen molar-refractivity contribution in [1.82, 2.24) is 9.80 Å². The molecule has 7 nitrogen and oxygen atoms in total. The maximum Gasteiger partial charge on any atom is 0.409 e. The van der Waals surface area contributed by atoms with Gasteiger partial charge in [-0.1, -0.05) is 12.1 Å². The van der Waals surface area contributed by atoms with Gasteiger partial charge in [0, 0.05) is 38.0 Å². The molecule has 4 aliphatic rings. The molecule has 1 aromatic carbocycles. The summed E-state index contributed by atoms with van der Waals surface area (Å²) >= 11 is 0. The highest BCUT2D eigenvalue weighted by atomic mass is 16.6. The molecule has 0 aromatic heterocycles. The van der Waals surface area contributed by atoms with Crippen LogP contribution < -0.4 is 4.74 Å². The van der Waals surface area contributed by atoms with E-state index in [1.54, 1.807) is 11.8 Å². The van der Waals surface area contributed by atoms with Crippen LogP contribution in [-0.2, 0) is 9.53 Å². The Hall–Kier alpha value is -2.57. The van der Waals surface area contributed by atoms with Crippen molar-refractivity contribution in [2.24, 2.45) is 17.8 Å². The van der Waals surface area contributed by atoms with Gasteiger partial charge in [-0.25, -0.2) is 4.79 Å². The number of hydrogen-bond donors (Lipinski definition) is 0. The lowest BCUT2D eigenvalue weighted by molar-refractivity contribution is -0.136. The van der Waals surface area contributed by atoms with Gasteiger partial charge >= 0.3 is 6.09 Å². The maximum atomic E-state index is 13.2. The number of rotatable bonds is 2. The van der Waals surface area contributed by atoms with E-state index in [9.17, 15) is 14.4 Å². The fourth-order valence-electron chi connectivity index (χ4n) is 5.63. The third-order valence-corrected chi connectivity index (χ3v) is 7.04. The molecule has 5 rings (SSSR count). The van der Waals surface area contributed by atoms with Gasteiger partial charge in [0.15, 0.2) is 5.78 Å². The van der Waals surface area contributed by atoms with Crippen LogP contribution in [0.2, 0.25) is 0 Å². The van der Waals surface area contributed by atoms with E-state index in [1.165, 1.54) is 0 Å². The minimum absolute atomic E-state index is 0.0593. The standard InChI is InChI=1S/C22H26N2O5/c1-2-28-21(27)24-11-9-23(10-12-24)20(26)18-15-7-8-22(19(15)18)13-16(25)14-5-3-4-6-17(14)29-22/h3-6,15,18-19H,2,7-13H2,1H3/t15-,18-,19-,22+/m0/s1. The van der Waals surface area contributed by atoms with E-state index in [4.69, 9.17) is 9.47 Å². The molecule has 2 heterocycles. The Balaban J connectivity index is 1.26. The van der Waals surface area contributed by atoms with Crippen molar-refractivity contribution in [2.45, 2.75) is 31.8 Å². The molecule has 1 spiro atoms. The molecular weight excluding hydrogens is 372 g/mol. The van der Waals surface area contributed by atoms with Crippen LogP contribution in [0, 0.1) is 17.8 Å². The van der Waals surface area contributed by atoms with Crippen molar-refractivity contribution < 1.29 is 23.9 Å². The molecule has 0 N–H and O–H groups in total. The highest BCUT2D eigenvalue weighted by Gasteiger charge is 2.71. The Bertz CT molecular complexity index is 863. The first kappa shape index (κ1) is 18.5. The number of nitrogens with zero attached hydrogens (tertiary/aromatic N) is 2. The summed E-state index contributed by atoms with van der Waals surface area (Å²) in [6.07, 6.45) is 1.82. The molecule has 0 unspecified atom stereocenters. The normalized spacial score (nSPS) is 32.4. The number of carbonyl (C=O) groups is 3. The predicted molar refractivity (Wildman–Crippen MR) is 104 cm³/mol. The first-order chi connectivity index (χ1) is 14.0. The van der Waals surface area contributed by atoms with Gasteiger partial charge in [0.05, 0.1) is 18.6 Å². The number of ether oxygens (including phenoxy) is 2. The molecule has 0 radical (unpaired) electrons. The highest BCUT2D eigenvalue weighted by Crippen LogP contribution is 2.66. The first-order valence-corrected chi connectivity index (χ1v) is 10.6. The third kappa shape index (κ3) is 2.90. The van der Waals surface area contributed by atoms with Gasteiger partial charge in [-0.05, 0) is 37.8 Å². The molecule has 1 saturated heterocycles. The molecule has 1 aromatic rings. The van der Waals surface area contributed by atoms with E-state index < -0.39 is 5.60 Å². The number of piperazine rings is 1. The van der Waals surface area contributed by atoms with Crippen LogP contribution in [0.25, 0.3) is 0 Å². The Morgan fingerprint density at radius 1 is 1.17 bits per heavy atom. The molecular formula is C22H26N2O5. The van der Waals surface area contributed by atoms with Crippen LogP contribution in [0.3, 0.4) is 0 Å².